The summed E-state index contributed by atoms with van der Waals surface area (Å²) in [6.07, 6.45) is 1.65. The number of hydrogen-bond donors (Lipinski definition) is 1. The Bertz CT molecular complexity index is 560. The van der Waals surface area contributed by atoms with Crippen molar-refractivity contribution in [1.82, 2.24) is 4.90 Å². The van der Waals surface area contributed by atoms with Gasteiger partial charge in [-0.1, -0.05) is 11.6 Å². The van der Waals surface area contributed by atoms with Gasteiger partial charge in [-0.3, -0.25) is 0 Å². The summed E-state index contributed by atoms with van der Waals surface area (Å²) in [5, 5.41) is 3.48. The van der Waals surface area contributed by atoms with Crippen molar-refractivity contribution < 1.29 is 13.9 Å². The molecule has 1 aliphatic heterocycles. The lowest BCUT2D eigenvalue weighted by Gasteiger charge is -2.34. The van der Waals surface area contributed by atoms with E-state index in [9.17, 15) is 9.18 Å². The fourth-order valence-electron chi connectivity index (χ4n) is 2.61. The zero-order valence-corrected chi connectivity index (χ0v) is 14.6. The first kappa shape index (κ1) is 17.9. The second-order valence-electron chi connectivity index (χ2n) is 6.94. The van der Waals surface area contributed by atoms with Gasteiger partial charge in [-0.25, -0.2) is 9.18 Å². The molecule has 1 aromatic carbocycles. The van der Waals surface area contributed by atoms with Crippen molar-refractivity contribution in [3.63, 3.8) is 0 Å². The summed E-state index contributed by atoms with van der Waals surface area (Å²) in [5.74, 6) is -0.0938. The molecule has 1 amide bonds. The van der Waals surface area contributed by atoms with Crippen LogP contribution >= 0.6 is 11.6 Å². The number of piperidine rings is 1. The van der Waals surface area contributed by atoms with Crippen molar-refractivity contribution in [2.24, 2.45) is 5.92 Å². The van der Waals surface area contributed by atoms with E-state index in [0.717, 1.165) is 12.8 Å². The first-order chi connectivity index (χ1) is 10.7. The van der Waals surface area contributed by atoms with Gasteiger partial charge in [0, 0.05) is 24.7 Å². The number of carbonyl (C=O) groups excluding carboxylic acids is 1. The molecule has 1 N–H and O–H groups in total. The molecule has 1 unspecified atom stereocenters. The van der Waals surface area contributed by atoms with Crippen molar-refractivity contribution >= 4 is 23.4 Å². The summed E-state index contributed by atoms with van der Waals surface area (Å²) >= 11 is 5.75. The zero-order chi connectivity index (χ0) is 17.0. The quantitative estimate of drug-likeness (QED) is 0.876. The lowest BCUT2D eigenvalue weighted by Crippen LogP contribution is -2.44. The number of carbonyl (C=O) groups is 1. The van der Waals surface area contributed by atoms with Crippen LogP contribution in [0.25, 0.3) is 0 Å². The number of nitrogens with zero attached hydrogens (tertiary/aromatic N) is 1. The summed E-state index contributed by atoms with van der Waals surface area (Å²) in [4.78, 5) is 13.9. The monoisotopic (exact) mass is 342 g/mol. The Morgan fingerprint density at radius 3 is 2.87 bits per heavy atom. The van der Waals surface area contributed by atoms with E-state index >= 15 is 0 Å². The van der Waals surface area contributed by atoms with Crippen molar-refractivity contribution in [2.45, 2.75) is 39.2 Å². The van der Waals surface area contributed by atoms with Gasteiger partial charge in [-0.05, 0) is 57.7 Å². The Balaban J connectivity index is 1.87. The summed E-state index contributed by atoms with van der Waals surface area (Å²) in [5.41, 5.74) is -0.0573. The fraction of sp³-hybridized carbons (Fsp3) is 0.588. The minimum absolute atomic E-state index is 0.270. The third-order valence-electron chi connectivity index (χ3n) is 3.68. The Morgan fingerprint density at radius 2 is 2.22 bits per heavy atom. The SMILES string of the molecule is CC(C)(C)OC(=O)N1CCCC(CNc2ccc(Cl)cc2F)C1. The molecule has 23 heavy (non-hydrogen) atoms. The first-order valence-electron chi connectivity index (χ1n) is 7.91. The molecule has 2 rings (SSSR count). The molecule has 1 aromatic rings. The maximum Gasteiger partial charge on any atom is 0.410 e. The smallest absolute Gasteiger partial charge is 0.410 e. The molecule has 6 heteroatoms. The standard InChI is InChI=1S/C17H24ClFN2O2/c1-17(2,3)23-16(22)21-8-4-5-12(11-21)10-20-15-7-6-13(18)9-14(15)19/h6-7,9,12,20H,4-5,8,10-11H2,1-3H3. The largest absolute Gasteiger partial charge is 0.444 e. The summed E-state index contributed by atoms with van der Waals surface area (Å²) in [7, 11) is 0. The lowest BCUT2D eigenvalue weighted by molar-refractivity contribution is 0.0172. The van der Waals surface area contributed by atoms with Crippen molar-refractivity contribution in [1.29, 1.82) is 0 Å². The minimum Gasteiger partial charge on any atom is -0.444 e. The number of rotatable bonds is 3. The van der Waals surface area contributed by atoms with Crippen LogP contribution in [-0.2, 0) is 4.74 Å². The number of anilines is 1. The molecule has 0 bridgehead atoms. The molecule has 0 saturated carbocycles. The maximum atomic E-state index is 13.8. The van der Waals surface area contributed by atoms with Crippen LogP contribution in [-0.4, -0.2) is 36.2 Å². The van der Waals surface area contributed by atoms with E-state index in [4.69, 9.17) is 16.3 Å². The van der Waals surface area contributed by atoms with Gasteiger partial charge in [-0.2, -0.15) is 0 Å². The van der Waals surface area contributed by atoms with Crippen LogP contribution in [0, 0.1) is 11.7 Å². The third kappa shape index (κ3) is 5.57. The number of halogens is 2. The highest BCUT2D eigenvalue weighted by Gasteiger charge is 2.27. The lowest BCUT2D eigenvalue weighted by atomic mass is 9.98. The van der Waals surface area contributed by atoms with Crippen LogP contribution in [0.4, 0.5) is 14.9 Å². The molecule has 1 atom stereocenters. The van der Waals surface area contributed by atoms with Gasteiger partial charge in [0.05, 0.1) is 5.69 Å². The molecular weight excluding hydrogens is 319 g/mol. The maximum absolute atomic E-state index is 13.8. The fourth-order valence-corrected chi connectivity index (χ4v) is 2.77. The molecule has 128 valence electrons. The van der Waals surface area contributed by atoms with Crippen LogP contribution in [0.15, 0.2) is 18.2 Å². The molecule has 1 aliphatic rings. The van der Waals surface area contributed by atoms with Crippen LogP contribution in [0.2, 0.25) is 5.02 Å². The van der Waals surface area contributed by atoms with Gasteiger partial charge in [0.2, 0.25) is 0 Å². The number of nitrogens with one attached hydrogen (secondary N) is 1. The Morgan fingerprint density at radius 1 is 1.48 bits per heavy atom. The average Bonchev–Trinajstić information content (AvgIpc) is 2.45. The molecule has 0 aromatic heterocycles. The topological polar surface area (TPSA) is 41.6 Å². The molecule has 1 saturated heterocycles. The second kappa shape index (κ2) is 7.39. The molecule has 0 aliphatic carbocycles. The summed E-state index contributed by atoms with van der Waals surface area (Å²) in [6, 6.07) is 4.57. The molecule has 1 heterocycles. The number of hydrogen-bond acceptors (Lipinski definition) is 3. The zero-order valence-electron chi connectivity index (χ0n) is 13.9. The normalized spacial score (nSPS) is 18.7. The molecular formula is C17H24ClFN2O2. The van der Waals surface area contributed by atoms with Gasteiger partial charge >= 0.3 is 6.09 Å². The molecule has 4 nitrogen and oxygen atoms in total. The third-order valence-corrected chi connectivity index (χ3v) is 3.92. The van der Waals surface area contributed by atoms with Gasteiger partial charge < -0.3 is 15.0 Å². The number of likely N-dealkylation sites (tertiary alicyclic amines) is 1. The predicted octanol–water partition coefficient (Wildman–Crippen LogP) is 4.54. The Hall–Kier alpha value is -1.49. The van der Waals surface area contributed by atoms with Gasteiger partial charge in [-0.15, -0.1) is 0 Å². The van der Waals surface area contributed by atoms with Crippen molar-refractivity contribution in [3.8, 4) is 0 Å². The van der Waals surface area contributed by atoms with Crippen molar-refractivity contribution in [2.75, 3.05) is 25.0 Å². The molecule has 0 radical (unpaired) electrons. The van der Waals surface area contributed by atoms with E-state index in [-0.39, 0.29) is 17.8 Å². The van der Waals surface area contributed by atoms with E-state index in [0.29, 0.717) is 30.3 Å². The number of benzene rings is 1. The highest BCUT2D eigenvalue weighted by molar-refractivity contribution is 6.30. The van der Waals surface area contributed by atoms with Gasteiger partial charge in [0.15, 0.2) is 0 Å². The van der Waals surface area contributed by atoms with Crippen molar-refractivity contribution in [3.05, 3.63) is 29.0 Å². The average molecular weight is 343 g/mol. The van der Waals surface area contributed by atoms with Crippen LogP contribution in [0.5, 0.6) is 0 Å². The molecule has 0 spiro atoms. The van der Waals surface area contributed by atoms with E-state index in [2.05, 4.69) is 5.32 Å². The molecule has 1 fully saturated rings. The highest BCUT2D eigenvalue weighted by Crippen LogP contribution is 2.22. The van der Waals surface area contributed by atoms with Crippen LogP contribution in [0.1, 0.15) is 33.6 Å². The Labute approximate surface area is 141 Å². The minimum atomic E-state index is -0.491. The summed E-state index contributed by atoms with van der Waals surface area (Å²) < 4.78 is 19.2. The van der Waals surface area contributed by atoms with Gasteiger partial charge in [0.1, 0.15) is 11.4 Å². The van der Waals surface area contributed by atoms with E-state index < -0.39 is 5.60 Å². The summed E-state index contributed by atoms with van der Waals surface area (Å²) in [6.45, 7) is 7.52. The van der Waals surface area contributed by atoms with Crippen LogP contribution < -0.4 is 5.32 Å². The first-order valence-corrected chi connectivity index (χ1v) is 8.29. The van der Waals surface area contributed by atoms with E-state index in [1.165, 1.54) is 6.07 Å². The highest BCUT2D eigenvalue weighted by atomic mass is 35.5. The van der Waals surface area contributed by atoms with E-state index in [1.54, 1.807) is 17.0 Å². The van der Waals surface area contributed by atoms with Crippen LogP contribution in [0.3, 0.4) is 0 Å². The number of ether oxygens (including phenoxy) is 1. The number of amides is 1. The van der Waals surface area contributed by atoms with E-state index in [1.807, 2.05) is 20.8 Å². The predicted molar refractivity (Wildman–Crippen MR) is 90.4 cm³/mol. The van der Waals surface area contributed by atoms with Gasteiger partial charge in [0.25, 0.3) is 0 Å². The Kier molecular flexibility index (Phi) is 5.74. The second-order valence-corrected chi connectivity index (χ2v) is 7.38.